The highest BCUT2D eigenvalue weighted by molar-refractivity contribution is 5.78. The number of alkyl halides is 3. The van der Waals surface area contributed by atoms with Crippen molar-refractivity contribution in [2.24, 2.45) is 5.92 Å². The Hall–Kier alpha value is -3.66. The Labute approximate surface area is 200 Å². The Bertz CT molecular complexity index is 1240. The van der Waals surface area contributed by atoms with Gasteiger partial charge in [-0.15, -0.1) is 0 Å². The molecule has 35 heavy (non-hydrogen) atoms. The number of hydrogen-bond acceptors (Lipinski definition) is 6. The molecule has 3 fully saturated rings. The van der Waals surface area contributed by atoms with E-state index in [0.29, 0.717) is 30.0 Å². The summed E-state index contributed by atoms with van der Waals surface area (Å²) in [7, 11) is 0. The van der Waals surface area contributed by atoms with E-state index in [1.807, 2.05) is 4.90 Å². The highest BCUT2D eigenvalue weighted by atomic mass is 19.4. The molecule has 1 atom stereocenters. The van der Waals surface area contributed by atoms with Gasteiger partial charge in [-0.3, -0.25) is 9.78 Å². The summed E-state index contributed by atoms with van der Waals surface area (Å²) in [6.45, 7) is 0.825. The number of nitriles is 2. The van der Waals surface area contributed by atoms with Crippen molar-refractivity contribution in [1.82, 2.24) is 14.9 Å². The van der Waals surface area contributed by atoms with Crippen molar-refractivity contribution >= 4 is 11.7 Å². The van der Waals surface area contributed by atoms with Crippen LogP contribution in [-0.4, -0.2) is 52.6 Å². The number of pyridine rings is 2. The lowest BCUT2D eigenvalue weighted by molar-refractivity contribution is -0.163. The molecule has 0 aromatic carbocycles. The second-order valence-corrected chi connectivity index (χ2v) is 9.48. The lowest BCUT2D eigenvalue weighted by atomic mass is 9.99. The Kier molecular flexibility index (Phi) is 5.84. The molecule has 180 valence electrons. The molecule has 0 unspecified atom stereocenters. The standard InChI is InChI=1S/C25H23F3N6O/c26-25(27,28)9-22(35)34-6-5-33(14-21(34)16-1-2-16)24-18(11-30)8-20(23(32-24)17-3-4-17)19-7-15(10-29)12-31-13-19/h7-8,12-13,16-17,21H,1-6,9,14H2/t21-/m0/s1. The monoisotopic (exact) mass is 480 g/mol. The summed E-state index contributed by atoms with van der Waals surface area (Å²) in [6.07, 6.45) is 0.841. The first-order valence-corrected chi connectivity index (χ1v) is 11.7. The number of halogens is 3. The number of rotatable bonds is 5. The van der Waals surface area contributed by atoms with Crippen LogP contribution in [0.3, 0.4) is 0 Å². The predicted molar refractivity (Wildman–Crippen MR) is 120 cm³/mol. The van der Waals surface area contributed by atoms with Gasteiger partial charge in [0.2, 0.25) is 5.91 Å². The van der Waals surface area contributed by atoms with Crippen molar-refractivity contribution in [2.45, 2.75) is 50.2 Å². The molecule has 1 aliphatic heterocycles. The van der Waals surface area contributed by atoms with E-state index < -0.39 is 18.5 Å². The van der Waals surface area contributed by atoms with Gasteiger partial charge in [0.05, 0.1) is 22.9 Å². The number of aromatic nitrogens is 2. The lowest BCUT2D eigenvalue weighted by Crippen LogP contribution is -2.57. The van der Waals surface area contributed by atoms with E-state index in [1.54, 1.807) is 18.3 Å². The van der Waals surface area contributed by atoms with E-state index in [9.17, 15) is 28.5 Å². The maximum Gasteiger partial charge on any atom is 0.397 e. The molecular formula is C25H23F3N6O. The van der Waals surface area contributed by atoms with E-state index in [1.165, 1.54) is 11.1 Å². The van der Waals surface area contributed by atoms with Crippen LogP contribution in [-0.2, 0) is 4.79 Å². The number of anilines is 1. The van der Waals surface area contributed by atoms with E-state index in [2.05, 4.69) is 17.1 Å². The fourth-order valence-electron chi connectivity index (χ4n) is 4.86. The Morgan fingerprint density at radius 1 is 1.09 bits per heavy atom. The maximum absolute atomic E-state index is 12.9. The van der Waals surface area contributed by atoms with Gasteiger partial charge in [-0.2, -0.15) is 23.7 Å². The summed E-state index contributed by atoms with van der Waals surface area (Å²) in [5.74, 6) is 0.0381. The van der Waals surface area contributed by atoms with Crippen molar-refractivity contribution in [3.8, 4) is 23.3 Å². The highest BCUT2D eigenvalue weighted by Crippen LogP contribution is 2.45. The van der Waals surface area contributed by atoms with Crippen LogP contribution in [0.15, 0.2) is 24.5 Å². The number of carbonyl (C=O) groups excluding carboxylic acids is 1. The Balaban J connectivity index is 1.47. The van der Waals surface area contributed by atoms with Crippen LogP contribution < -0.4 is 4.90 Å². The zero-order valence-electron chi connectivity index (χ0n) is 18.9. The number of nitrogens with zero attached hydrogens (tertiary/aromatic N) is 6. The van der Waals surface area contributed by atoms with Crippen LogP contribution in [0.25, 0.3) is 11.1 Å². The molecule has 3 heterocycles. The SMILES string of the molecule is N#Cc1cncc(-c2cc(C#N)c(N3CCN(C(=O)CC(F)(F)F)[C@H](C4CC4)C3)nc2C2CC2)c1. The summed E-state index contributed by atoms with van der Waals surface area (Å²) < 4.78 is 38.6. The van der Waals surface area contributed by atoms with Gasteiger partial charge in [0.25, 0.3) is 0 Å². The summed E-state index contributed by atoms with van der Waals surface area (Å²) in [6, 6.07) is 7.49. The average molecular weight is 480 g/mol. The minimum absolute atomic E-state index is 0.164. The van der Waals surface area contributed by atoms with Crippen LogP contribution in [0, 0.1) is 28.6 Å². The first-order chi connectivity index (χ1) is 16.8. The van der Waals surface area contributed by atoms with Crippen LogP contribution in [0.4, 0.5) is 19.0 Å². The maximum atomic E-state index is 12.9. The van der Waals surface area contributed by atoms with Crippen LogP contribution >= 0.6 is 0 Å². The molecule has 5 rings (SSSR count). The minimum Gasteiger partial charge on any atom is -0.352 e. The molecule has 10 heteroatoms. The van der Waals surface area contributed by atoms with Gasteiger partial charge >= 0.3 is 6.18 Å². The van der Waals surface area contributed by atoms with Crippen LogP contribution in [0.5, 0.6) is 0 Å². The van der Waals surface area contributed by atoms with Crippen molar-refractivity contribution in [2.75, 3.05) is 24.5 Å². The zero-order valence-corrected chi connectivity index (χ0v) is 18.9. The molecule has 7 nitrogen and oxygen atoms in total. The fraction of sp³-hybridized carbons (Fsp3) is 0.480. The number of hydrogen-bond donors (Lipinski definition) is 0. The van der Waals surface area contributed by atoms with E-state index in [0.717, 1.165) is 42.5 Å². The average Bonchev–Trinajstić information content (AvgIpc) is 3.75. The van der Waals surface area contributed by atoms with E-state index in [-0.39, 0.29) is 24.4 Å². The normalized spacial score (nSPS) is 20.3. The van der Waals surface area contributed by atoms with Crippen molar-refractivity contribution in [1.29, 1.82) is 10.5 Å². The lowest BCUT2D eigenvalue weighted by Gasteiger charge is -2.42. The van der Waals surface area contributed by atoms with E-state index >= 15 is 0 Å². The van der Waals surface area contributed by atoms with Gasteiger partial charge in [-0.05, 0) is 43.7 Å². The van der Waals surface area contributed by atoms with Gasteiger partial charge in [0.15, 0.2) is 0 Å². The second kappa shape index (κ2) is 8.84. The number of piperazine rings is 1. The van der Waals surface area contributed by atoms with Gasteiger partial charge in [0, 0.05) is 49.1 Å². The first-order valence-electron chi connectivity index (χ1n) is 11.7. The first kappa shape index (κ1) is 23.1. The molecule has 0 radical (unpaired) electrons. The van der Waals surface area contributed by atoms with Gasteiger partial charge < -0.3 is 9.80 Å². The molecule has 3 aliphatic rings. The molecule has 2 aromatic rings. The highest BCUT2D eigenvalue weighted by Gasteiger charge is 2.44. The summed E-state index contributed by atoms with van der Waals surface area (Å²) in [5, 5.41) is 19.2. The molecule has 2 saturated carbocycles. The summed E-state index contributed by atoms with van der Waals surface area (Å²) >= 11 is 0. The summed E-state index contributed by atoms with van der Waals surface area (Å²) in [5.41, 5.74) is 3.11. The van der Waals surface area contributed by atoms with Gasteiger partial charge in [-0.25, -0.2) is 4.98 Å². The third kappa shape index (κ3) is 4.93. The Morgan fingerprint density at radius 2 is 1.86 bits per heavy atom. The molecular weight excluding hydrogens is 457 g/mol. The summed E-state index contributed by atoms with van der Waals surface area (Å²) in [4.78, 5) is 24.8. The van der Waals surface area contributed by atoms with Crippen LogP contribution in [0.1, 0.15) is 54.8 Å². The number of carbonyl (C=O) groups is 1. The number of amides is 1. The van der Waals surface area contributed by atoms with Crippen molar-refractivity contribution in [3.05, 3.63) is 41.3 Å². The molecule has 0 spiro atoms. The predicted octanol–water partition coefficient (Wildman–Crippen LogP) is 4.14. The molecule has 0 bridgehead atoms. The third-order valence-corrected chi connectivity index (χ3v) is 6.85. The van der Waals surface area contributed by atoms with Gasteiger partial charge in [-0.1, -0.05) is 0 Å². The molecule has 1 amide bonds. The molecule has 0 N–H and O–H groups in total. The fourth-order valence-corrected chi connectivity index (χ4v) is 4.86. The van der Waals surface area contributed by atoms with E-state index in [4.69, 9.17) is 4.98 Å². The van der Waals surface area contributed by atoms with Crippen molar-refractivity contribution < 1.29 is 18.0 Å². The molecule has 2 aromatic heterocycles. The zero-order chi connectivity index (χ0) is 24.7. The molecule has 1 saturated heterocycles. The second-order valence-electron chi connectivity index (χ2n) is 9.48. The van der Waals surface area contributed by atoms with Gasteiger partial charge in [0.1, 0.15) is 24.4 Å². The third-order valence-electron chi connectivity index (χ3n) is 6.85. The molecule has 2 aliphatic carbocycles. The van der Waals surface area contributed by atoms with Crippen molar-refractivity contribution in [3.63, 3.8) is 0 Å². The van der Waals surface area contributed by atoms with Crippen LogP contribution in [0.2, 0.25) is 0 Å². The Morgan fingerprint density at radius 3 is 2.49 bits per heavy atom. The topological polar surface area (TPSA) is 96.9 Å². The minimum atomic E-state index is -4.54. The quantitative estimate of drug-likeness (QED) is 0.638. The smallest absolute Gasteiger partial charge is 0.352 e. The largest absolute Gasteiger partial charge is 0.397 e.